The lowest BCUT2D eigenvalue weighted by atomic mass is 9.90. The lowest BCUT2D eigenvalue weighted by molar-refractivity contribution is 0.0488. The van der Waals surface area contributed by atoms with Gasteiger partial charge < -0.3 is 15.4 Å². The van der Waals surface area contributed by atoms with E-state index < -0.39 is 11.7 Å². The van der Waals surface area contributed by atoms with E-state index in [9.17, 15) is 4.79 Å². The smallest absolute Gasteiger partial charge is 0.407 e. The fourth-order valence-electron chi connectivity index (χ4n) is 2.55. The van der Waals surface area contributed by atoms with Crippen molar-refractivity contribution < 1.29 is 9.53 Å². The van der Waals surface area contributed by atoms with Crippen LogP contribution in [-0.4, -0.2) is 33.7 Å². The number of aromatic nitrogens is 2. The Balaban J connectivity index is 2.00. The molecule has 0 radical (unpaired) electrons. The minimum Gasteiger partial charge on any atom is -0.444 e. The number of halogens is 2. The van der Waals surface area contributed by atoms with Crippen LogP contribution < -0.4 is 10.6 Å². The highest BCUT2D eigenvalue weighted by Crippen LogP contribution is 2.24. The van der Waals surface area contributed by atoms with Gasteiger partial charge in [0.15, 0.2) is 10.3 Å². The molecule has 2 N–H and O–H groups in total. The molecule has 6 nitrogen and oxygen atoms in total. The van der Waals surface area contributed by atoms with E-state index in [1.807, 2.05) is 20.8 Å². The van der Waals surface area contributed by atoms with Gasteiger partial charge in [-0.25, -0.2) is 14.8 Å². The van der Waals surface area contributed by atoms with Crippen LogP contribution in [0.4, 0.5) is 10.6 Å². The molecule has 0 bridgehead atoms. The number of hydrogen-bond acceptors (Lipinski definition) is 5. The van der Waals surface area contributed by atoms with Crippen molar-refractivity contribution in [3.8, 4) is 0 Å². The van der Waals surface area contributed by atoms with Crippen LogP contribution in [0.15, 0.2) is 6.20 Å². The van der Waals surface area contributed by atoms with E-state index in [4.69, 9.17) is 27.9 Å². The molecule has 8 heteroatoms. The lowest BCUT2D eigenvalue weighted by Crippen LogP contribution is -2.49. The van der Waals surface area contributed by atoms with Crippen molar-refractivity contribution in [3.63, 3.8) is 0 Å². The van der Waals surface area contributed by atoms with E-state index in [0.29, 0.717) is 5.82 Å². The maximum absolute atomic E-state index is 12.0. The molecule has 0 saturated heterocycles. The molecule has 1 aromatic heterocycles. The van der Waals surface area contributed by atoms with Crippen LogP contribution in [-0.2, 0) is 4.74 Å². The molecule has 23 heavy (non-hydrogen) atoms. The van der Waals surface area contributed by atoms with E-state index in [-0.39, 0.29) is 22.4 Å². The Morgan fingerprint density at radius 3 is 2.48 bits per heavy atom. The van der Waals surface area contributed by atoms with E-state index in [2.05, 4.69) is 20.6 Å². The number of rotatable bonds is 3. The number of nitrogens with one attached hydrogen (secondary N) is 2. The zero-order chi connectivity index (χ0) is 17.0. The minimum absolute atomic E-state index is 0.0325. The zero-order valence-corrected chi connectivity index (χ0v) is 15.0. The molecule has 0 aromatic carbocycles. The van der Waals surface area contributed by atoms with Crippen molar-refractivity contribution in [1.82, 2.24) is 15.3 Å². The highest BCUT2D eigenvalue weighted by atomic mass is 35.5. The Morgan fingerprint density at radius 2 is 1.87 bits per heavy atom. The molecule has 1 heterocycles. The van der Waals surface area contributed by atoms with E-state index in [1.54, 1.807) is 0 Å². The van der Waals surface area contributed by atoms with Gasteiger partial charge >= 0.3 is 6.09 Å². The summed E-state index contributed by atoms with van der Waals surface area (Å²) in [5.41, 5.74) is -0.517. The van der Waals surface area contributed by atoms with Gasteiger partial charge in [-0.3, -0.25) is 0 Å². The van der Waals surface area contributed by atoms with Gasteiger partial charge in [0.1, 0.15) is 11.4 Å². The first-order chi connectivity index (χ1) is 10.7. The second-order valence-electron chi connectivity index (χ2n) is 6.62. The predicted molar refractivity (Wildman–Crippen MR) is 91.1 cm³/mol. The minimum atomic E-state index is -0.517. The van der Waals surface area contributed by atoms with Crippen LogP contribution >= 0.6 is 23.2 Å². The second kappa shape index (κ2) is 7.53. The molecule has 1 aromatic rings. The van der Waals surface area contributed by atoms with Crippen molar-refractivity contribution in [2.24, 2.45) is 0 Å². The summed E-state index contributed by atoms with van der Waals surface area (Å²) in [5, 5.41) is 6.55. The summed E-state index contributed by atoms with van der Waals surface area (Å²) in [7, 11) is 0. The molecule has 1 aliphatic carbocycles. The molecule has 128 valence electrons. The SMILES string of the molecule is CC(C)(C)OC(=O)N[C@H]1CCCC[C@H]1Nc1cnc(Cl)c(Cl)n1. The number of hydrogen-bond donors (Lipinski definition) is 2. The average molecular weight is 361 g/mol. The Kier molecular flexibility index (Phi) is 5.92. The van der Waals surface area contributed by atoms with E-state index in [0.717, 1.165) is 25.7 Å². The van der Waals surface area contributed by atoms with E-state index >= 15 is 0 Å². The van der Waals surface area contributed by atoms with Crippen LogP contribution in [0.1, 0.15) is 46.5 Å². The molecule has 1 saturated carbocycles. The lowest BCUT2D eigenvalue weighted by Gasteiger charge is -2.33. The van der Waals surface area contributed by atoms with Crippen molar-refractivity contribution >= 4 is 35.1 Å². The van der Waals surface area contributed by atoms with Crippen LogP contribution in [0.3, 0.4) is 0 Å². The summed E-state index contributed by atoms with van der Waals surface area (Å²) in [6, 6.07) is 0.0117. The third-order valence-electron chi connectivity index (χ3n) is 3.49. The van der Waals surface area contributed by atoms with Crippen molar-refractivity contribution in [2.45, 2.75) is 64.1 Å². The van der Waals surface area contributed by atoms with Gasteiger partial charge in [0, 0.05) is 6.04 Å². The molecule has 1 amide bonds. The Hall–Kier alpha value is -1.27. The van der Waals surface area contributed by atoms with Crippen molar-refractivity contribution in [2.75, 3.05) is 5.32 Å². The van der Waals surface area contributed by atoms with Crippen molar-refractivity contribution in [1.29, 1.82) is 0 Å². The number of alkyl carbamates (subject to hydrolysis) is 1. The molecular formula is C15H22Cl2N4O2. The maximum Gasteiger partial charge on any atom is 0.407 e. The van der Waals surface area contributed by atoms with Gasteiger partial charge in [0.2, 0.25) is 0 Å². The molecule has 1 fully saturated rings. The number of carbonyl (C=O) groups is 1. The summed E-state index contributed by atoms with van der Waals surface area (Å²) in [4.78, 5) is 20.1. The molecule has 2 rings (SSSR count). The first-order valence-corrected chi connectivity index (χ1v) is 8.44. The number of nitrogens with zero attached hydrogens (tertiary/aromatic N) is 2. The third kappa shape index (κ3) is 5.70. The fraction of sp³-hybridized carbons (Fsp3) is 0.667. The van der Waals surface area contributed by atoms with Gasteiger partial charge in [-0.15, -0.1) is 0 Å². The summed E-state index contributed by atoms with van der Waals surface area (Å²) in [5.74, 6) is 0.544. The number of amides is 1. The standard InChI is InChI=1S/C15H22Cl2N4O2/c1-15(2,3)23-14(22)20-10-7-5-4-6-9(10)19-11-8-18-12(16)13(17)21-11/h8-10H,4-7H2,1-3H3,(H,19,21)(H,20,22)/t9-,10+/m1/s1. The zero-order valence-electron chi connectivity index (χ0n) is 13.5. The number of ether oxygens (including phenoxy) is 1. The van der Waals surface area contributed by atoms with Crippen LogP contribution in [0.2, 0.25) is 10.3 Å². The molecule has 0 aliphatic heterocycles. The van der Waals surface area contributed by atoms with Crippen molar-refractivity contribution in [3.05, 3.63) is 16.5 Å². The highest BCUT2D eigenvalue weighted by molar-refractivity contribution is 6.40. The number of anilines is 1. The van der Waals surface area contributed by atoms with Gasteiger partial charge in [0.25, 0.3) is 0 Å². The largest absolute Gasteiger partial charge is 0.444 e. The summed E-state index contributed by atoms with van der Waals surface area (Å²) < 4.78 is 5.33. The van der Waals surface area contributed by atoms with Gasteiger partial charge in [-0.2, -0.15) is 0 Å². The third-order valence-corrected chi connectivity index (χ3v) is 4.13. The molecule has 0 unspecified atom stereocenters. The first kappa shape index (κ1) is 18.1. The fourth-order valence-corrected chi connectivity index (χ4v) is 2.78. The topological polar surface area (TPSA) is 76.1 Å². The second-order valence-corrected chi connectivity index (χ2v) is 7.34. The summed E-state index contributed by atoms with van der Waals surface area (Å²) >= 11 is 11.7. The average Bonchev–Trinajstić information content (AvgIpc) is 2.43. The maximum atomic E-state index is 12.0. The molecule has 0 spiro atoms. The quantitative estimate of drug-likeness (QED) is 0.850. The van der Waals surface area contributed by atoms with Gasteiger partial charge in [-0.1, -0.05) is 36.0 Å². The Labute approximate surface area is 146 Å². The van der Waals surface area contributed by atoms with Crippen LogP contribution in [0.5, 0.6) is 0 Å². The monoisotopic (exact) mass is 360 g/mol. The van der Waals surface area contributed by atoms with Gasteiger partial charge in [0.05, 0.1) is 12.2 Å². The van der Waals surface area contributed by atoms with Crippen LogP contribution in [0, 0.1) is 0 Å². The normalized spacial score (nSPS) is 21.6. The summed E-state index contributed by atoms with van der Waals surface area (Å²) in [6.07, 6.45) is 5.07. The predicted octanol–water partition coefficient (Wildman–Crippen LogP) is 4.03. The highest BCUT2D eigenvalue weighted by Gasteiger charge is 2.28. The molecule has 2 atom stereocenters. The summed E-state index contributed by atoms with van der Waals surface area (Å²) in [6.45, 7) is 5.53. The number of carbonyl (C=O) groups excluding carboxylic acids is 1. The molecular weight excluding hydrogens is 339 g/mol. The molecule has 1 aliphatic rings. The first-order valence-electron chi connectivity index (χ1n) is 7.69. The van der Waals surface area contributed by atoms with E-state index in [1.165, 1.54) is 6.20 Å². The Morgan fingerprint density at radius 1 is 1.22 bits per heavy atom. The van der Waals surface area contributed by atoms with Crippen LogP contribution in [0.25, 0.3) is 0 Å². The van der Waals surface area contributed by atoms with Gasteiger partial charge in [-0.05, 0) is 33.6 Å². The Bertz CT molecular complexity index is 563.